The summed E-state index contributed by atoms with van der Waals surface area (Å²) in [5.41, 5.74) is 11.6. The van der Waals surface area contributed by atoms with Gasteiger partial charge in [-0.25, -0.2) is 4.68 Å². The number of aromatic nitrogens is 4. The third-order valence-corrected chi connectivity index (χ3v) is 4.49. The largest absolute Gasteiger partial charge is 0.423 e. The third-order valence-electron chi connectivity index (χ3n) is 4.49. The monoisotopic (exact) mass is 375 g/mol. The molecular formula is C21H21N5O2. The summed E-state index contributed by atoms with van der Waals surface area (Å²) in [4.78, 5) is 4.45. The molecule has 2 aromatic heterocycles. The van der Waals surface area contributed by atoms with Crippen LogP contribution in [0.25, 0.3) is 28.3 Å². The second kappa shape index (κ2) is 7.66. The van der Waals surface area contributed by atoms with Crippen molar-refractivity contribution in [3.8, 4) is 28.3 Å². The van der Waals surface area contributed by atoms with E-state index in [1.165, 1.54) is 0 Å². The molecule has 0 atom stereocenters. The highest BCUT2D eigenvalue weighted by atomic mass is 16.5. The number of nitrogen functional groups attached to an aromatic ring is 1. The molecule has 2 N–H and O–H groups in total. The van der Waals surface area contributed by atoms with E-state index in [1.807, 2.05) is 38.1 Å². The Bertz CT molecular complexity index is 1070. The highest BCUT2D eigenvalue weighted by Gasteiger charge is 2.18. The molecule has 0 saturated heterocycles. The Morgan fingerprint density at radius 2 is 1.96 bits per heavy atom. The molecule has 4 rings (SSSR count). The van der Waals surface area contributed by atoms with Gasteiger partial charge in [-0.1, -0.05) is 17.3 Å². The van der Waals surface area contributed by atoms with Crippen molar-refractivity contribution in [1.82, 2.24) is 20.0 Å². The quantitative estimate of drug-likeness (QED) is 0.547. The fraction of sp³-hybridized carbons (Fsp3) is 0.190. The van der Waals surface area contributed by atoms with Crippen LogP contribution in [0.2, 0.25) is 0 Å². The first kappa shape index (κ1) is 17.9. The highest BCUT2D eigenvalue weighted by Crippen LogP contribution is 2.36. The summed E-state index contributed by atoms with van der Waals surface area (Å²) in [6.45, 7) is 5.25. The number of nitrogens with zero attached hydrogens (tertiary/aromatic N) is 4. The van der Waals surface area contributed by atoms with E-state index in [2.05, 4.69) is 33.5 Å². The zero-order valence-corrected chi connectivity index (χ0v) is 15.8. The Kier molecular flexibility index (Phi) is 4.90. The number of aryl methyl sites for hydroxylation is 1. The predicted octanol–water partition coefficient (Wildman–Crippen LogP) is 4.02. The Labute approximate surface area is 162 Å². The summed E-state index contributed by atoms with van der Waals surface area (Å²) in [7, 11) is 0. The molecule has 0 aliphatic heterocycles. The fourth-order valence-electron chi connectivity index (χ4n) is 3.06. The number of anilines is 1. The van der Waals surface area contributed by atoms with E-state index in [9.17, 15) is 0 Å². The molecule has 0 amide bonds. The second-order valence-electron chi connectivity index (χ2n) is 6.41. The molecule has 2 aromatic carbocycles. The number of ether oxygens (including phenoxy) is 1. The maximum atomic E-state index is 5.90. The molecule has 4 aromatic rings. The normalized spacial score (nSPS) is 11.1. The number of hydrogen-bond acceptors (Lipinski definition) is 6. The SMILES string of the molecule is CCOCc1ccc(C)c(-c2nc(N)oc2-c2ccc(-n3ccnn3)cc2)c1. The van der Waals surface area contributed by atoms with E-state index in [1.54, 1.807) is 17.1 Å². The van der Waals surface area contributed by atoms with E-state index in [0.717, 1.165) is 33.6 Å². The van der Waals surface area contributed by atoms with Crippen LogP contribution in [0.15, 0.2) is 59.3 Å². The molecule has 7 nitrogen and oxygen atoms in total. The van der Waals surface area contributed by atoms with Crippen molar-refractivity contribution in [2.45, 2.75) is 20.5 Å². The van der Waals surface area contributed by atoms with Crippen LogP contribution in [0, 0.1) is 6.92 Å². The maximum absolute atomic E-state index is 5.90. The first-order valence-electron chi connectivity index (χ1n) is 9.06. The van der Waals surface area contributed by atoms with Gasteiger partial charge in [-0.2, -0.15) is 4.98 Å². The lowest BCUT2D eigenvalue weighted by Crippen LogP contribution is -1.95. The zero-order chi connectivity index (χ0) is 19.5. The minimum Gasteiger partial charge on any atom is -0.423 e. The van der Waals surface area contributed by atoms with E-state index in [-0.39, 0.29) is 6.01 Å². The molecule has 142 valence electrons. The molecule has 2 heterocycles. The van der Waals surface area contributed by atoms with Crippen LogP contribution in [0.4, 0.5) is 6.01 Å². The van der Waals surface area contributed by atoms with Gasteiger partial charge in [0.05, 0.1) is 24.7 Å². The number of hydrogen-bond donors (Lipinski definition) is 1. The first-order chi connectivity index (χ1) is 13.7. The molecular weight excluding hydrogens is 354 g/mol. The van der Waals surface area contributed by atoms with E-state index in [4.69, 9.17) is 14.9 Å². The number of oxazole rings is 1. The number of rotatable bonds is 6. The summed E-state index contributed by atoms with van der Waals surface area (Å²) in [5, 5.41) is 7.84. The van der Waals surface area contributed by atoms with Gasteiger partial charge in [0.1, 0.15) is 5.69 Å². The Hall–Kier alpha value is -3.45. The van der Waals surface area contributed by atoms with Crippen molar-refractivity contribution in [3.05, 3.63) is 66.0 Å². The van der Waals surface area contributed by atoms with Gasteiger partial charge in [0.2, 0.25) is 0 Å². The zero-order valence-electron chi connectivity index (χ0n) is 15.8. The summed E-state index contributed by atoms with van der Waals surface area (Å²) in [6.07, 6.45) is 3.43. The lowest BCUT2D eigenvalue weighted by Gasteiger charge is -2.09. The molecule has 0 unspecified atom stereocenters. The first-order valence-corrected chi connectivity index (χ1v) is 9.06. The van der Waals surface area contributed by atoms with Gasteiger partial charge in [0.25, 0.3) is 6.01 Å². The minimum atomic E-state index is 0.139. The average molecular weight is 375 g/mol. The third kappa shape index (κ3) is 3.52. The van der Waals surface area contributed by atoms with E-state index >= 15 is 0 Å². The van der Waals surface area contributed by atoms with Crippen LogP contribution in [0.1, 0.15) is 18.1 Å². The van der Waals surface area contributed by atoms with E-state index in [0.29, 0.717) is 19.0 Å². The molecule has 0 bridgehead atoms. The smallest absolute Gasteiger partial charge is 0.293 e. The van der Waals surface area contributed by atoms with Gasteiger partial charge < -0.3 is 14.9 Å². The van der Waals surface area contributed by atoms with Crippen molar-refractivity contribution in [1.29, 1.82) is 0 Å². The molecule has 0 spiro atoms. The van der Waals surface area contributed by atoms with Crippen molar-refractivity contribution in [2.24, 2.45) is 0 Å². The summed E-state index contributed by atoms with van der Waals surface area (Å²) < 4.78 is 13.0. The molecule has 0 radical (unpaired) electrons. The average Bonchev–Trinajstić information content (AvgIpc) is 3.37. The molecule has 0 fully saturated rings. The Morgan fingerprint density at radius 1 is 1.14 bits per heavy atom. The van der Waals surface area contributed by atoms with Crippen LogP contribution in [-0.2, 0) is 11.3 Å². The molecule has 7 heteroatoms. The summed E-state index contributed by atoms with van der Waals surface area (Å²) in [6, 6.07) is 14.2. The van der Waals surface area contributed by atoms with Crippen molar-refractivity contribution >= 4 is 6.01 Å². The van der Waals surface area contributed by atoms with Crippen molar-refractivity contribution in [3.63, 3.8) is 0 Å². The highest BCUT2D eigenvalue weighted by molar-refractivity contribution is 5.80. The molecule has 0 aliphatic carbocycles. The fourth-order valence-corrected chi connectivity index (χ4v) is 3.06. The van der Waals surface area contributed by atoms with Gasteiger partial charge in [0, 0.05) is 17.7 Å². The van der Waals surface area contributed by atoms with Crippen LogP contribution < -0.4 is 5.73 Å². The van der Waals surface area contributed by atoms with E-state index < -0.39 is 0 Å². The number of nitrogens with two attached hydrogens (primary N) is 1. The second-order valence-corrected chi connectivity index (χ2v) is 6.41. The summed E-state index contributed by atoms with van der Waals surface area (Å²) >= 11 is 0. The van der Waals surface area contributed by atoms with Gasteiger partial charge in [-0.3, -0.25) is 0 Å². The lowest BCUT2D eigenvalue weighted by atomic mass is 9.99. The van der Waals surface area contributed by atoms with Gasteiger partial charge >= 0.3 is 0 Å². The standard InChI is InChI=1S/C21H21N5O2/c1-3-27-13-15-5-4-14(2)18(12-15)19-20(28-21(22)24-19)16-6-8-17(9-7-16)26-11-10-23-25-26/h4-12H,3,13H2,1-2H3,(H2,22,24). The van der Waals surface area contributed by atoms with Crippen molar-refractivity contribution < 1.29 is 9.15 Å². The maximum Gasteiger partial charge on any atom is 0.293 e. The number of benzene rings is 2. The van der Waals surface area contributed by atoms with Crippen LogP contribution in [0.5, 0.6) is 0 Å². The van der Waals surface area contributed by atoms with Crippen LogP contribution in [0.3, 0.4) is 0 Å². The van der Waals surface area contributed by atoms with Crippen LogP contribution >= 0.6 is 0 Å². The Balaban J connectivity index is 1.73. The van der Waals surface area contributed by atoms with Crippen molar-refractivity contribution in [2.75, 3.05) is 12.3 Å². The van der Waals surface area contributed by atoms with Gasteiger partial charge in [-0.15, -0.1) is 5.10 Å². The topological polar surface area (TPSA) is 92.0 Å². The Morgan fingerprint density at radius 3 is 2.68 bits per heavy atom. The lowest BCUT2D eigenvalue weighted by molar-refractivity contribution is 0.134. The molecule has 0 saturated carbocycles. The van der Waals surface area contributed by atoms with Gasteiger partial charge in [-0.05, 0) is 55.3 Å². The molecule has 28 heavy (non-hydrogen) atoms. The van der Waals surface area contributed by atoms with Gasteiger partial charge in [0.15, 0.2) is 5.76 Å². The minimum absolute atomic E-state index is 0.139. The molecule has 0 aliphatic rings. The predicted molar refractivity (Wildman–Crippen MR) is 107 cm³/mol. The van der Waals surface area contributed by atoms with Crippen LogP contribution in [-0.4, -0.2) is 26.6 Å². The summed E-state index contributed by atoms with van der Waals surface area (Å²) in [5.74, 6) is 0.638.